The lowest BCUT2D eigenvalue weighted by molar-refractivity contribution is 0.443. The van der Waals surface area contributed by atoms with E-state index < -0.39 is 0 Å². The van der Waals surface area contributed by atoms with Gasteiger partial charge in [-0.1, -0.05) is 6.92 Å². The van der Waals surface area contributed by atoms with Crippen molar-refractivity contribution in [1.29, 1.82) is 0 Å². The lowest BCUT2D eigenvalue weighted by Gasteiger charge is -2.07. The van der Waals surface area contributed by atoms with E-state index >= 15 is 0 Å². The quantitative estimate of drug-likeness (QED) is 0.709. The van der Waals surface area contributed by atoms with Gasteiger partial charge in [-0.3, -0.25) is 4.79 Å². The SMILES string of the molecule is CC1CCC(c2nc(O)cc(=O)[nH]2)C1. The van der Waals surface area contributed by atoms with Crippen molar-refractivity contribution in [2.75, 3.05) is 0 Å². The van der Waals surface area contributed by atoms with Crippen LogP contribution >= 0.6 is 0 Å². The van der Waals surface area contributed by atoms with Crippen molar-refractivity contribution in [3.63, 3.8) is 0 Å². The van der Waals surface area contributed by atoms with Gasteiger partial charge in [-0.25, -0.2) is 4.98 Å². The number of aromatic amines is 1. The van der Waals surface area contributed by atoms with Crippen LogP contribution in [-0.2, 0) is 0 Å². The lowest BCUT2D eigenvalue weighted by atomic mass is 10.1. The number of hydrogen-bond acceptors (Lipinski definition) is 3. The molecular formula is C10H14N2O2. The van der Waals surface area contributed by atoms with Gasteiger partial charge >= 0.3 is 0 Å². The minimum Gasteiger partial charge on any atom is -0.493 e. The molecule has 0 spiro atoms. The normalized spacial score (nSPS) is 26.6. The summed E-state index contributed by atoms with van der Waals surface area (Å²) < 4.78 is 0. The summed E-state index contributed by atoms with van der Waals surface area (Å²) in [6.07, 6.45) is 3.27. The van der Waals surface area contributed by atoms with Gasteiger partial charge in [0.15, 0.2) is 0 Å². The van der Waals surface area contributed by atoms with Gasteiger partial charge in [0.2, 0.25) is 5.88 Å². The van der Waals surface area contributed by atoms with Crippen molar-refractivity contribution in [1.82, 2.24) is 9.97 Å². The third kappa shape index (κ3) is 1.78. The summed E-state index contributed by atoms with van der Waals surface area (Å²) in [6.45, 7) is 2.20. The van der Waals surface area contributed by atoms with Crippen molar-refractivity contribution in [3.8, 4) is 5.88 Å². The summed E-state index contributed by atoms with van der Waals surface area (Å²) in [5.74, 6) is 1.46. The molecule has 2 atom stereocenters. The Morgan fingerprint density at radius 2 is 2.36 bits per heavy atom. The molecule has 1 aromatic heterocycles. The fourth-order valence-corrected chi connectivity index (χ4v) is 2.11. The predicted molar refractivity (Wildman–Crippen MR) is 52.3 cm³/mol. The van der Waals surface area contributed by atoms with E-state index in [0.29, 0.717) is 17.7 Å². The molecule has 0 aliphatic heterocycles. The minimum atomic E-state index is -0.271. The number of H-pyrrole nitrogens is 1. The Hall–Kier alpha value is -1.32. The summed E-state index contributed by atoms with van der Waals surface area (Å²) in [4.78, 5) is 17.7. The van der Waals surface area contributed by atoms with Crippen LogP contribution < -0.4 is 5.56 Å². The molecule has 0 aromatic carbocycles. The second kappa shape index (κ2) is 3.44. The Morgan fingerprint density at radius 3 is 2.93 bits per heavy atom. The fraction of sp³-hybridized carbons (Fsp3) is 0.600. The Labute approximate surface area is 82.0 Å². The third-order valence-corrected chi connectivity index (χ3v) is 2.83. The van der Waals surface area contributed by atoms with Crippen molar-refractivity contribution in [3.05, 3.63) is 22.2 Å². The Bertz CT molecular complexity index is 386. The van der Waals surface area contributed by atoms with Crippen molar-refractivity contribution in [2.45, 2.75) is 32.1 Å². The highest BCUT2D eigenvalue weighted by Crippen LogP contribution is 2.36. The summed E-state index contributed by atoms with van der Waals surface area (Å²) >= 11 is 0. The van der Waals surface area contributed by atoms with Crippen molar-refractivity contribution in [2.24, 2.45) is 5.92 Å². The largest absolute Gasteiger partial charge is 0.493 e. The molecule has 2 rings (SSSR count). The molecule has 0 amide bonds. The van der Waals surface area contributed by atoms with Crippen LogP contribution in [0.25, 0.3) is 0 Å². The molecule has 1 heterocycles. The smallest absolute Gasteiger partial charge is 0.254 e. The van der Waals surface area contributed by atoms with E-state index in [1.165, 1.54) is 6.42 Å². The molecule has 1 aromatic rings. The van der Waals surface area contributed by atoms with E-state index in [9.17, 15) is 9.90 Å². The lowest BCUT2D eigenvalue weighted by Crippen LogP contribution is -2.11. The molecule has 4 heteroatoms. The summed E-state index contributed by atoms with van der Waals surface area (Å²) in [5.41, 5.74) is -0.271. The van der Waals surface area contributed by atoms with Gasteiger partial charge in [-0.05, 0) is 25.2 Å². The zero-order chi connectivity index (χ0) is 10.1. The molecule has 2 N–H and O–H groups in total. The van der Waals surface area contributed by atoms with Gasteiger partial charge in [-0.2, -0.15) is 0 Å². The van der Waals surface area contributed by atoms with Crippen LogP contribution in [0.2, 0.25) is 0 Å². The van der Waals surface area contributed by atoms with Crippen LogP contribution in [0.3, 0.4) is 0 Å². The molecule has 0 bridgehead atoms. The summed E-state index contributed by atoms with van der Waals surface area (Å²) in [6, 6.07) is 1.10. The van der Waals surface area contributed by atoms with E-state index in [4.69, 9.17) is 0 Å². The van der Waals surface area contributed by atoms with Gasteiger partial charge in [-0.15, -0.1) is 0 Å². The summed E-state index contributed by atoms with van der Waals surface area (Å²) in [5, 5.41) is 9.19. The van der Waals surface area contributed by atoms with Gasteiger partial charge in [0.1, 0.15) is 5.82 Å². The first-order valence-electron chi connectivity index (χ1n) is 4.95. The third-order valence-electron chi connectivity index (χ3n) is 2.83. The highest BCUT2D eigenvalue weighted by atomic mass is 16.3. The predicted octanol–water partition coefficient (Wildman–Crippen LogP) is 1.38. The Morgan fingerprint density at radius 1 is 1.57 bits per heavy atom. The van der Waals surface area contributed by atoms with E-state index in [1.54, 1.807) is 0 Å². The van der Waals surface area contributed by atoms with Crippen LogP contribution in [0.1, 0.15) is 37.9 Å². The highest BCUT2D eigenvalue weighted by Gasteiger charge is 2.24. The maximum Gasteiger partial charge on any atom is 0.254 e. The van der Waals surface area contributed by atoms with Crippen molar-refractivity contribution < 1.29 is 5.11 Å². The van der Waals surface area contributed by atoms with Crippen LogP contribution in [-0.4, -0.2) is 15.1 Å². The Balaban J connectivity index is 2.28. The monoisotopic (exact) mass is 194 g/mol. The van der Waals surface area contributed by atoms with Crippen molar-refractivity contribution >= 4 is 0 Å². The number of aromatic hydroxyl groups is 1. The fourth-order valence-electron chi connectivity index (χ4n) is 2.11. The van der Waals surface area contributed by atoms with Gasteiger partial charge in [0.25, 0.3) is 5.56 Å². The zero-order valence-corrected chi connectivity index (χ0v) is 8.16. The maximum atomic E-state index is 11.1. The summed E-state index contributed by atoms with van der Waals surface area (Å²) in [7, 11) is 0. The van der Waals surface area contributed by atoms with Crippen LogP contribution in [0.15, 0.2) is 10.9 Å². The second-order valence-corrected chi connectivity index (χ2v) is 4.10. The molecule has 4 nitrogen and oxygen atoms in total. The molecule has 1 saturated carbocycles. The molecule has 0 radical (unpaired) electrons. The maximum absolute atomic E-state index is 11.1. The molecule has 1 fully saturated rings. The van der Waals surface area contributed by atoms with E-state index in [1.807, 2.05) is 0 Å². The van der Waals surface area contributed by atoms with Crippen LogP contribution in [0, 0.1) is 5.92 Å². The number of hydrogen-bond donors (Lipinski definition) is 2. The van der Waals surface area contributed by atoms with E-state index in [0.717, 1.165) is 18.9 Å². The topological polar surface area (TPSA) is 66.0 Å². The van der Waals surface area contributed by atoms with Crippen LogP contribution in [0.5, 0.6) is 5.88 Å². The average Bonchev–Trinajstić information content (AvgIpc) is 2.50. The molecule has 1 aliphatic carbocycles. The molecule has 14 heavy (non-hydrogen) atoms. The molecule has 2 unspecified atom stereocenters. The van der Waals surface area contributed by atoms with Crippen LogP contribution in [0.4, 0.5) is 0 Å². The number of nitrogens with one attached hydrogen (secondary N) is 1. The number of rotatable bonds is 1. The molecular weight excluding hydrogens is 180 g/mol. The van der Waals surface area contributed by atoms with Gasteiger partial charge in [0.05, 0.1) is 6.07 Å². The average molecular weight is 194 g/mol. The standard InChI is InChI=1S/C10H14N2O2/c1-6-2-3-7(4-6)10-11-8(13)5-9(14)12-10/h5-7H,2-4H2,1H3,(H2,11,12,13,14). The van der Waals surface area contributed by atoms with E-state index in [-0.39, 0.29) is 11.4 Å². The highest BCUT2D eigenvalue weighted by molar-refractivity contribution is 5.10. The second-order valence-electron chi connectivity index (χ2n) is 4.10. The first-order chi connectivity index (χ1) is 6.65. The first-order valence-corrected chi connectivity index (χ1v) is 4.95. The first kappa shape index (κ1) is 9.24. The van der Waals surface area contributed by atoms with Gasteiger partial charge in [0, 0.05) is 5.92 Å². The number of aromatic nitrogens is 2. The molecule has 1 aliphatic rings. The van der Waals surface area contributed by atoms with Gasteiger partial charge < -0.3 is 10.1 Å². The van der Waals surface area contributed by atoms with E-state index in [2.05, 4.69) is 16.9 Å². The molecule has 76 valence electrons. The molecule has 0 saturated heterocycles. The zero-order valence-electron chi connectivity index (χ0n) is 8.16. The minimum absolute atomic E-state index is 0.177. The number of nitrogens with zero attached hydrogens (tertiary/aromatic N) is 1. The Kier molecular flexibility index (Phi) is 2.27.